The molecule has 0 spiro atoms. The summed E-state index contributed by atoms with van der Waals surface area (Å²) in [7, 11) is 0. The van der Waals surface area contributed by atoms with Crippen molar-refractivity contribution >= 4 is 51.6 Å². The number of hydrogen-bond acceptors (Lipinski definition) is 6. The van der Waals surface area contributed by atoms with Crippen LogP contribution in [0.25, 0.3) is 6.08 Å². The van der Waals surface area contributed by atoms with E-state index in [1.165, 1.54) is 11.8 Å². The molecule has 118 valence electrons. The van der Waals surface area contributed by atoms with E-state index in [2.05, 4.69) is 4.90 Å². The highest BCUT2D eigenvalue weighted by molar-refractivity contribution is 8.26. The first-order valence-electron chi connectivity index (χ1n) is 7.32. The topological polar surface area (TPSA) is 32.8 Å². The second-order valence-electron chi connectivity index (χ2n) is 5.20. The molecule has 0 aliphatic carbocycles. The van der Waals surface area contributed by atoms with Gasteiger partial charge in [-0.05, 0) is 34.9 Å². The summed E-state index contributed by atoms with van der Waals surface area (Å²) in [6.07, 6.45) is 2.87. The first-order valence-corrected chi connectivity index (χ1v) is 9.48. The lowest BCUT2D eigenvalue weighted by Crippen LogP contribution is -2.38. The quantitative estimate of drug-likeness (QED) is 0.600. The van der Waals surface area contributed by atoms with Crippen LogP contribution in [0.1, 0.15) is 12.0 Å². The molecule has 7 heteroatoms. The van der Waals surface area contributed by atoms with Gasteiger partial charge in [0.15, 0.2) is 0 Å². The Hall–Kier alpha value is -0.730. The van der Waals surface area contributed by atoms with E-state index in [9.17, 15) is 4.79 Å². The molecule has 0 N–H and O–H groups in total. The van der Waals surface area contributed by atoms with Crippen LogP contribution >= 0.6 is 35.3 Å². The number of carbonyl (C=O) groups is 1. The third-order valence-electron chi connectivity index (χ3n) is 3.67. The molecule has 22 heavy (non-hydrogen) atoms. The average molecular weight is 355 g/mol. The molecule has 1 aromatic rings. The Morgan fingerprint density at radius 1 is 1.32 bits per heavy atom. The number of ether oxygens (including phenoxy) is 1. The maximum Gasteiger partial charge on any atom is 0.266 e. The molecule has 0 aromatic carbocycles. The molecule has 0 bridgehead atoms. The monoisotopic (exact) mass is 354 g/mol. The molecule has 2 aliphatic rings. The van der Waals surface area contributed by atoms with Gasteiger partial charge in [-0.25, -0.2) is 0 Å². The Morgan fingerprint density at radius 3 is 2.86 bits per heavy atom. The number of carbonyl (C=O) groups excluding carboxylic acids is 1. The third kappa shape index (κ3) is 3.97. The van der Waals surface area contributed by atoms with E-state index in [1.807, 2.05) is 22.9 Å². The highest BCUT2D eigenvalue weighted by Crippen LogP contribution is 2.32. The standard InChI is InChI=1S/C15H18N2O2S3/c18-14-13(10-12-2-9-21-11-12)22-15(20)17(14)4-1-3-16-5-7-19-8-6-16/h2,9-11H,1,3-8H2. The minimum absolute atomic E-state index is 0.0446. The number of amides is 1. The molecule has 0 unspecified atom stereocenters. The summed E-state index contributed by atoms with van der Waals surface area (Å²) in [6, 6.07) is 2.01. The summed E-state index contributed by atoms with van der Waals surface area (Å²) in [5.41, 5.74) is 1.07. The van der Waals surface area contributed by atoms with Crippen molar-refractivity contribution in [2.24, 2.45) is 0 Å². The molecule has 0 saturated carbocycles. The Labute approximate surface area is 144 Å². The molecular formula is C15H18N2O2S3. The largest absolute Gasteiger partial charge is 0.379 e. The lowest BCUT2D eigenvalue weighted by atomic mass is 10.3. The van der Waals surface area contributed by atoms with Gasteiger partial charge >= 0.3 is 0 Å². The summed E-state index contributed by atoms with van der Waals surface area (Å²) >= 11 is 8.39. The van der Waals surface area contributed by atoms with Crippen molar-refractivity contribution in [3.05, 3.63) is 27.3 Å². The highest BCUT2D eigenvalue weighted by Gasteiger charge is 2.31. The van der Waals surface area contributed by atoms with Crippen LogP contribution < -0.4 is 0 Å². The first-order chi connectivity index (χ1) is 10.7. The number of hydrogen-bond donors (Lipinski definition) is 0. The lowest BCUT2D eigenvalue weighted by Gasteiger charge is -2.27. The number of morpholine rings is 1. The van der Waals surface area contributed by atoms with Crippen LogP contribution in [0.3, 0.4) is 0 Å². The SMILES string of the molecule is O=C1C(=Cc2ccsc2)SC(=S)N1CCCN1CCOCC1. The molecule has 1 aromatic heterocycles. The van der Waals surface area contributed by atoms with Crippen LogP contribution in [0.4, 0.5) is 0 Å². The van der Waals surface area contributed by atoms with E-state index in [4.69, 9.17) is 17.0 Å². The van der Waals surface area contributed by atoms with Gasteiger partial charge in [-0.3, -0.25) is 14.6 Å². The number of nitrogens with zero attached hydrogens (tertiary/aromatic N) is 2. The van der Waals surface area contributed by atoms with Crippen LogP contribution in [0.5, 0.6) is 0 Å². The van der Waals surface area contributed by atoms with Gasteiger partial charge in [-0.2, -0.15) is 11.3 Å². The second kappa shape index (κ2) is 7.70. The van der Waals surface area contributed by atoms with Crippen LogP contribution in [-0.4, -0.2) is 59.4 Å². The van der Waals surface area contributed by atoms with E-state index in [0.29, 0.717) is 10.9 Å². The predicted molar refractivity (Wildman–Crippen MR) is 96.1 cm³/mol. The summed E-state index contributed by atoms with van der Waals surface area (Å²) < 4.78 is 6.02. The number of thioether (sulfide) groups is 1. The Kier molecular flexibility index (Phi) is 5.65. The van der Waals surface area contributed by atoms with Gasteiger partial charge in [0.2, 0.25) is 0 Å². The summed E-state index contributed by atoms with van der Waals surface area (Å²) in [5, 5.41) is 4.04. The zero-order valence-electron chi connectivity index (χ0n) is 12.2. The number of rotatable bonds is 5. The summed E-state index contributed by atoms with van der Waals surface area (Å²) in [5.74, 6) is 0.0446. The molecule has 4 nitrogen and oxygen atoms in total. The van der Waals surface area contributed by atoms with E-state index < -0.39 is 0 Å². The van der Waals surface area contributed by atoms with Crippen molar-refractivity contribution in [1.29, 1.82) is 0 Å². The lowest BCUT2D eigenvalue weighted by molar-refractivity contribution is -0.122. The molecule has 3 rings (SSSR count). The van der Waals surface area contributed by atoms with E-state index >= 15 is 0 Å². The van der Waals surface area contributed by atoms with Crippen molar-refractivity contribution in [3.8, 4) is 0 Å². The van der Waals surface area contributed by atoms with Crippen molar-refractivity contribution < 1.29 is 9.53 Å². The van der Waals surface area contributed by atoms with E-state index in [0.717, 1.165) is 49.7 Å². The fourth-order valence-electron chi connectivity index (χ4n) is 2.48. The van der Waals surface area contributed by atoms with E-state index in [1.54, 1.807) is 16.2 Å². The number of thiocarbonyl (C=S) groups is 1. The van der Waals surface area contributed by atoms with Crippen molar-refractivity contribution in [1.82, 2.24) is 9.80 Å². The molecule has 0 radical (unpaired) electrons. The van der Waals surface area contributed by atoms with Crippen molar-refractivity contribution in [3.63, 3.8) is 0 Å². The Balaban J connectivity index is 1.53. The fraction of sp³-hybridized carbons (Fsp3) is 0.467. The molecule has 2 fully saturated rings. The highest BCUT2D eigenvalue weighted by atomic mass is 32.2. The molecule has 0 atom stereocenters. The predicted octanol–water partition coefficient (Wildman–Crippen LogP) is 2.67. The van der Waals surface area contributed by atoms with Crippen molar-refractivity contribution in [2.75, 3.05) is 39.4 Å². The maximum absolute atomic E-state index is 12.4. The second-order valence-corrected chi connectivity index (χ2v) is 7.65. The number of thiophene rings is 1. The minimum atomic E-state index is 0.0446. The Morgan fingerprint density at radius 2 is 2.14 bits per heavy atom. The molecule has 3 heterocycles. The van der Waals surface area contributed by atoms with Gasteiger partial charge in [0.05, 0.1) is 18.1 Å². The minimum Gasteiger partial charge on any atom is -0.379 e. The average Bonchev–Trinajstić information content (AvgIpc) is 3.12. The van der Waals surface area contributed by atoms with Crippen LogP contribution in [-0.2, 0) is 9.53 Å². The zero-order chi connectivity index (χ0) is 15.4. The van der Waals surface area contributed by atoms with Gasteiger partial charge in [0.1, 0.15) is 4.32 Å². The zero-order valence-corrected chi connectivity index (χ0v) is 14.6. The molecule has 2 saturated heterocycles. The third-order valence-corrected chi connectivity index (χ3v) is 5.75. The molecule has 2 aliphatic heterocycles. The fourth-order valence-corrected chi connectivity index (χ4v) is 4.41. The van der Waals surface area contributed by atoms with Crippen LogP contribution in [0, 0.1) is 0 Å². The van der Waals surface area contributed by atoms with Crippen molar-refractivity contribution in [2.45, 2.75) is 6.42 Å². The van der Waals surface area contributed by atoms with Gasteiger partial charge < -0.3 is 4.74 Å². The van der Waals surface area contributed by atoms with Gasteiger partial charge in [-0.15, -0.1) is 0 Å². The normalized spacial score (nSPS) is 22.0. The van der Waals surface area contributed by atoms with Gasteiger partial charge in [0.25, 0.3) is 5.91 Å². The first kappa shape index (κ1) is 16.1. The Bertz CT molecular complexity index is 565. The van der Waals surface area contributed by atoms with Gasteiger partial charge in [0, 0.05) is 26.2 Å². The summed E-state index contributed by atoms with van der Waals surface area (Å²) in [6.45, 7) is 5.27. The maximum atomic E-state index is 12.4. The molecule has 1 amide bonds. The van der Waals surface area contributed by atoms with Crippen LogP contribution in [0.15, 0.2) is 21.7 Å². The van der Waals surface area contributed by atoms with Crippen LogP contribution in [0.2, 0.25) is 0 Å². The van der Waals surface area contributed by atoms with Gasteiger partial charge in [-0.1, -0.05) is 24.0 Å². The molecular weight excluding hydrogens is 336 g/mol. The smallest absolute Gasteiger partial charge is 0.266 e. The van der Waals surface area contributed by atoms with E-state index in [-0.39, 0.29) is 5.91 Å². The summed E-state index contributed by atoms with van der Waals surface area (Å²) in [4.78, 5) is 17.3.